The molecule has 0 aromatic heterocycles. The fraction of sp³-hybridized carbons (Fsp3) is 0.278. The smallest absolute Gasteiger partial charge is 0.312 e. The van der Waals surface area contributed by atoms with Crippen LogP contribution in [0.2, 0.25) is 0 Å². The molecule has 0 amide bonds. The van der Waals surface area contributed by atoms with Gasteiger partial charge in [0, 0.05) is 0 Å². The lowest BCUT2D eigenvalue weighted by molar-refractivity contribution is -0.150. The van der Waals surface area contributed by atoms with Crippen molar-refractivity contribution in [3.05, 3.63) is 54.1 Å². The number of carbonyl (C=O) groups excluding carboxylic acids is 1. The van der Waals surface area contributed by atoms with Crippen molar-refractivity contribution in [2.75, 3.05) is 19.8 Å². The Bertz CT molecular complexity index is 879. The first-order chi connectivity index (χ1) is 12.4. The molecular formula is C18H19NO6S. The molecule has 2 aromatic carbocycles. The highest BCUT2D eigenvalue weighted by Crippen LogP contribution is 2.27. The molecule has 0 bridgehead atoms. The summed E-state index contributed by atoms with van der Waals surface area (Å²) in [6.07, 6.45) is 0.588. The molecule has 0 radical (unpaired) electrons. The van der Waals surface area contributed by atoms with Crippen LogP contribution in [0.15, 0.2) is 53.4 Å². The summed E-state index contributed by atoms with van der Waals surface area (Å²) in [5.74, 6) is 0.609. The van der Waals surface area contributed by atoms with Crippen molar-refractivity contribution < 1.29 is 27.4 Å². The molecule has 2 N–H and O–H groups in total. The summed E-state index contributed by atoms with van der Waals surface area (Å²) in [6, 6.07) is 13.3. The molecule has 8 heteroatoms. The number of sulfonamides is 1. The van der Waals surface area contributed by atoms with Gasteiger partial charge in [-0.15, -0.1) is 0 Å². The minimum absolute atomic E-state index is 0.00820. The van der Waals surface area contributed by atoms with Crippen LogP contribution in [0.1, 0.15) is 5.56 Å². The third-order valence-corrected chi connectivity index (χ3v) is 4.89. The quantitative estimate of drug-likeness (QED) is 0.604. The molecule has 1 atom stereocenters. The van der Waals surface area contributed by atoms with Gasteiger partial charge in [-0.05, 0) is 42.3 Å². The van der Waals surface area contributed by atoms with E-state index in [0.29, 0.717) is 18.8 Å². The second-order valence-corrected chi connectivity index (χ2v) is 7.41. The van der Waals surface area contributed by atoms with Gasteiger partial charge in [0.05, 0.1) is 10.8 Å². The summed E-state index contributed by atoms with van der Waals surface area (Å²) in [5.41, 5.74) is 0.992. The van der Waals surface area contributed by atoms with Crippen LogP contribution in [-0.4, -0.2) is 34.2 Å². The van der Waals surface area contributed by atoms with Crippen LogP contribution in [0.3, 0.4) is 0 Å². The molecule has 1 aliphatic rings. The lowest BCUT2D eigenvalue weighted by atomic mass is 9.97. The molecule has 0 aliphatic carbocycles. The van der Waals surface area contributed by atoms with Gasteiger partial charge in [0.25, 0.3) is 0 Å². The van der Waals surface area contributed by atoms with Crippen LogP contribution < -0.4 is 14.6 Å². The lowest BCUT2D eigenvalue weighted by Crippen LogP contribution is -2.30. The summed E-state index contributed by atoms with van der Waals surface area (Å²) in [6.45, 7) is 0.546. The molecule has 26 heavy (non-hydrogen) atoms. The van der Waals surface area contributed by atoms with Gasteiger partial charge >= 0.3 is 5.97 Å². The SMILES string of the molecule is NS(=O)(=O)c1ccc(OCCOC(=O)[C@H]2COc3ccccc3C2)cc1. The average Bonchev–Trinajstić information content (AvgIpc) is 2.64. The van der Waals surface area contributed by atoms with E-state index in [1.54, 1.807) is 0 Å². The second-order valence-electron chi connectivity index (χ2n) is 5.85. The zero-order chi connectivity index (χ0) is 18.6. The van der Waals surface area contributed by atoms with Gasteiger partial charge in [0.15, 0.2) is 0 Å². The Morgan fingerprint density at radius 3 is 2.58 bits per heavy atom. The van der Waals surface area contributed by atoms with E-state index in [0.717, 1.165) is 11.3 Å². The number of benzene rings is 2. The topological polar surface area (TPSA) is 105 Å². The van der Waals surface area contributed by atoms with Crippen molar-refractivity contribution in [2.45, 2.75) is 11.3 Å². The fourth-order valence-corrected chi connectivity index (χ4v) is 3.14. The number of nitrogens with two attached hydrogens (primary N) is 1. The summed E-state index contributed by atoms with van der Waals surface area (Å²) in [7, 11) is -3.73. The van der Waals surface area contributed by atoms with Crippen LogP contribution in [0.25, 0.3) is 0 Å². The number of para-hydroxylation sites is 1. The van der Waals surface area contributed by atoms with E-state index in [2.05, 4.69) is 0 Å². The van der Waals surface area contributed by atoms with E-state index in [4.69, 9.17) is 19.3 Å². The molecule has 0 fully saturated rings. The number of ether oxygens (including phenoxy) is 3. The van der Waals surface area contributed by atoms with Crippen LogP contribution in [0.4, 0.5) is 0 Å². The van der Waals surface area contributed by atoms with Gasteiger partial charge in [-0.25, -0.2) is 13.6 Å². The first-order valence-electron chi connectivity index (χ1n) is 8.06. The summed E-state index contributed by atoms with van der Waals surface area (Å²) >= 11 is 0. The molecule has 1 heterocycles. The molecule has 0 saturated heterocycles. The van der Waals surface area contributed by atoms with Gasteiger partial charge in [-0.3, -0.25) is 4.79 Å². The number of carbonyl (C=O) groups is 1. The highest BCUT2D eigenvalue weighted by atomic mass is 32.2. The van der Waals surface area contributed by atoms with Gasteiger partial charge in [-0.2, -0.15) is 0 Å². The van der Waals surface area contributed by atoms with Crippen molar-refractivity contribution in [3.63, 3.8) is 0 Å². The standard InChI is InChI=1S/C18H19NO6S/c19-26(21,22)16-7-5-15(6-8-16)23-9-10-24-18(20)14-11-13-3-1-2-4-17(13)25-12-14/h1-8,14H,9-12H2,(H2,19,21,22)/t14-/m1/s1. The maximum absolute atomic E-state index is 12.1. The van der Waals surface area contributed by atoms with E-state index >= 15 is 0 Å². The Kier molecular flexibility index (Phi) is 5.43. The Labute approximate surface area is 151 Å². The molecular weight excluding hydrogens is 358 g/mol. The molecule has 0 spiro atoms. The molecule has 1 aliphatic heterocycles. The minimum atomic E-state index is -3.73. The van der Waals surface area contributed by atoms with E-state index in [1.165, 1.54) is 24.3 Å². The van der Waals surface area contributed by atoms with Crippen LogP contribution in [0, 0.1) is 5.92 Å². The average molecular weight is 377 g/mol. The zero-order valence-electron chi connectivity index (χ0n) is 14.0. The number of rotatable bonds is 6. The second kappa shape index (κ2) is 7.76. The first kappa shape index (κ1) is 18.2. The molecule has 0 saturated carbocycles. The maximum atomic E-state index is 12.1. The van der Waals surface area contributed by atoms with Crippen LogP contribution in [0.5, 0.6) is 11.5 Å². The third-order valence-electron chi connectivity index (χ3n) is 3.96. The largest absolute Gasteiger partial charge is 0.492 e. The summed E-state index contributed by atoms with van der Waals surface area (Å²) in [4.78, 5) is 12.1. The number of hydrogen-bond donors (Lipinski definition) is 1. The minimum Gasteiger partial charge on any atom is -0.492 e. The molecule has 0 unspecified atom stereocenters. The highest BCUT2D eigenvalue weighted by molar-refractivity contribution is 7.89. The number of primary sulfonamides is 1. The Morgan fingerprint density at radius 2 is 1.85 bits per heavy atom. The number of fused-ring (bicyclic) bond motifs is 1. The van der Waals surface area contributed by atoms with Gasteiger partial charge in [0.1, 0.15) is 31.3 Å². The normalized spacial score (nSPS) is 16.3. The van der Waals surface area contributed by atoms with Crippen LogP contribution in [-0.2, 0) is 26.0 Å². The monoisotopic (exact) mass is 377 g/mol. The first-order valence-corrected chi connectivity index (χ1v) is 9.61. The van der Waals surface area contributed by atoms with Gasteiger partial charge in [-0.1, -0.05) is 18.2 Å². The van der Waals surface area contributed by atoms with Crippen molar-refractivity contribution >= 4 is 16.0 Å². The predicted molar refractivity (Wildman–Crippen MR) is 93.4 cm³/mol. The van der Waals surface area contributed by atoms with Gasteiger partial charge in [0.2, 0.25) is 10.0 Å². The maximum Gasteiger partial charge on any atom is 0.312 e. The highest BCUT2D eigenvalue weighted by Gasteiger charge is 2.26. The van der Waals surface area contributed by atoms with Crippen molar-refractivity contribution in [2.24, 2.45) is 11.1 Å². The molecule has 3 rings (SSSR count). The third kappa shape index (κ3) is 4.53. The Balaban J connectivity index is 1.43. The molecule has 2 aromatic rings. The van der Waals surface area contributed by atoms with Crippen molar-refractivity contribution in [1.82, 2.24) is 0 Å². The Hall–Kier alpha value is -2.58. The lowest BCUT2D eigenvalue weighted by Gasteiger charge is -2.23. The number of hydrogen-bond acceptors (Lipinski definition) is 6. The fourth-order valence-electron chi connectivity index (χ4n) is 2.62. The van der Waals surface area contributed by atoms with Crippen molar-refractivity contribution in [1.29, 1.82) is 0 Å². The van der Waals surface area contributed by atoms with Gasteiger partial charge < -0.3 is 14.2 Å². The number of esters is 1. The van der Waals surface area contributed by atoms with E-state index in [9.17, 15) is 13.2 Å². The summed E-state index contributed by atoms with van der Waals surface area (Å²) in [5, 5.41) is 5.03. The molecule has 138 valence electrons. The predicted octanol–water partition coefficient (Wildman–Crippen LogP) is 1.51. The van der Waals surface area contributed by atoms with E-state index in [-0.39, 0.29) is 30.0 Å². The van der Waals surface area contributed by atoms with E-state index < -0.39 is 10.0 Å². The van der Waals surface area contributed by atoms with Crippen molar-refractivity contribution in [3.8, 4) is 11.5 Å². The Morgan fingerprint density at radius 1 is 1.12 bits per heavy atom. The van der Waals surface area contributed by atoms with E-state index in [1.807, 2.05) is 24.3 Å². The zero-order valence-corrected chi connectivity index (χ0v) is 14.8. The van der Waals surface area contributed by atoms with Crippen LogP contribution >= 0.6 is 0 Å². The molecule has 7 nitrogen and oxygen atoms in total. The summed E-state index contributed by atoms with van der Waals surface area (Å²) < 4.78 is 38.6.